The lowest BCUT2D eigenvalue weighted by atomic mass is 9.98. The molecule has 0 unspecified atom stereocenters. The highest BCUT2D eigenvalue weighted by Gasteiger charge is 2.32. The zero-order valence-corrected chi connectivity index (χ0v) is 10.5. The molecule has 2 aromatic heterocycles. The first kappa shape index (κ1) is 10.9. The minimum Gasteiger partial charge on any atom is -0.363 e. The van der Waals surface area contributed by atoms with Crippen molar-refractivity contribution in [2.75, 3.05) is 11.9 Å². The van der Waals surface area contributed by atoms with Crippen LogP contribution in [0.2, 0.25) is 0 Å². The molecule has 2 aromatic rings. The van der Waals surface area contributed by atoms with Gasteiger partial charge in [-0.2, -0.15) is 0 Å². The van der Waals surface area contributed by atoms with E-state index in [1.165, 1.54) is 12.8 Å². The fourth-order valence-corrected chi connectivity index (χ4v) is 3.31. The zero-order chi connectivity index (χ0) is 11.7. The van der Waals surface area contributed by atoms with Crippen LogP contribution in [-0.2, 0) is 0 Å². The molecule has 0 amide bonds. The third kappa shape index (κ3) is 1.89. The van der Waals surface area contributed by atoms with Crippen molar-refractivity contribution in [1.82, 2.24) is 9.97 Å². The third-order valence-corrected chi connectivity index (χ3v) is 4.42. The summed E-state index contributed by atoms with van der Waals surface area (Å²) in [4.78, 5) is 9.66. The van der Waals surface area contributed by atoms with Gasteiger partial charge in [-0.3, -0.25) is 0 Å². The van der Waals surface area contributed by atoms with Crippen LogP contribution in [0.4, 0.5) is 5.82 Å². The molecule has 0 radical (unpaired) electrons. The predicted molar refractivity (Wildman–Crippen MR) is 71.3 cm³/mol. The lowest BCUT2D eigenvalue weighted by Crippen LogP contribution is -2.43. The standard InChI is InChI=1S/C12H16N4S/c13-7-12(4-1-2-5-12)16-10-9-3-6-17-11(9)15-8-14-10/h3,6,8H,1-2,4-5,7,13H2,(H,14,15,16). The molecule has 3 rings (SSSR count). The number of nitrogens with zero attached hydrogens (tertiary/aromatic N) is 2. The maximum absolute atomic E-state index is 5.93. The maximum atomic E-state index is 5.93. The maximum Gasteiger partial charge on any atom is 0.138 e. The summed E-state index contributed by atoms with van der Waals surface area (Å²) in [5, 5.41) is 6.72. The third-order valence-electron chi connectivity index (χ3n) is 3.60. The van der Waals surface area contributed by atoms with E-state index in [-0.39, 0.29) is 5.54 Å². The summed E-state index contributed by atoms with van der Waals surface area (Å²) in [7, 11) is 0. The van der Waals surface area contributed by atoms with Gasteiger partial charge in [0, 0.05) is 6.54 Å². The largest absolute Gasteiger partial charge is 0.363 e. The highest BCUT2D eigenvalue weighted by molar-refractivity contribution is 7.16. The van der Waals surface area contributed by atoms with Gasteiger partial charge in [0.25, 0.3) is 0 Å². The monoisotopic (exact) mass is 248 g/mol. The van der Waals surface area contributed by atoms with Gasteiger partial charge >= 0.3 is 0 Å². The Kier molecular flexibility index (Phi) is 2.72. The first-order valence-corrected chi connectivity index (χ1v) is 6.87. The number of fused-ring (bicyclic) bond motifs is 1. The molecule has 1 saturated carbocycles. The van der Waals surface area contributed by atoms with E-state index in [1.54, 1.807) is 17.7 Å². The molecule has 17 heavy (non-hydrogen) atoms. The second-order valence-corrected chi connectivity index (χ2v) is 5.57. The summed E-state index contributed by atoms with van der Waals surface area (Å²) in [6, 6.07) is 2.07. The van der Waals surface area contributed by atoms with E-state index in [0.717, 1.165) is 28.9 Å². The van der Waals surface area contributed by atoms with Crippen molar-refractivity contribution >= 4 is 27.4 Å². The Bertz CT molecular complexity index is 516. The summed E-state index contributed by atoms with van der Waals surface area (Å²) in [5.41, 5.74) is 5.98. The van der Waals surface area contributed by atoms with E-state index in [2.05, 4.69) is 21.4 Å². The Morgan fingerprint density at radius 1 is 1.35 bits per heavy atom. The van der Waals surface area contributed by atoms with Crippen LogP contribution >= 0.6 is 11.3 Å². The highest BCUT2D eigenvalue weighted by atomic mass is 32.1. The average Bonchev–Trinajstić information content (AvgIpc) is 2.98. The first-order valence-electron chi connectivity index (χ1n) is 5.99. The molecule has 5 heteroatoms. The smallest absolute Gasteiger partial charge is 0.138 e. The van der Waals surface area contributed by atoms with Crippen molar-refractivity contribution < 1.29 is 0 Å². The number of anilines is 1. The summed E-state index contributed by atoms with van der Waals surface area (Å²) in [6.07, 6.45) is 6.41. The molecule has 90 valence electrons. The second kappa shape index (κ2) is 4.23. The molecule has 1 aliphatic rings. The summed E-state index contributed by atoms with van der Waals surface area (Å²) in [6.45, 7) is 0.669. The van der Waals surface area contributed by atoms with Crippen molar-refractivity contribution in [1.29, 1.82) is 0 Å². The molecule has 1 fully saturated rings. The van der Waals surface area contributed by atoms with Crippen LogP contribution in [-0.4, -0.2) is 22.1 Å². The molecule has 0 atom stereocenters. The van der Waals surface area contributed by atoms with Crippen molar-refractivity contribution in [2.24, 2.45) is 5.73 Å². The van der Waals surface area contributed by atoms with Gasteiger partial charge in [0.2, 0.25) is 0 Å². The summed E-state index contributed by atoms with van der Waals surface area (Å²) >= 11 is 1.64. The van der Waals surface area contributed by atoms with Crippen LogP contribution in [0.1, 0.15) is 25.7 Å². The average molecular weight is 248 g/mol. The molecule has 0 spiro atoms. The fourth-order valence-electron chi connectivity index (χ4n) is 2.57. The topological polar surface area (TPSA) is 63.8 Å². The second-order valence-electron chi connectivity index (χ2n) is 4.68. The SMILES string of the molecule is NCC1(Nc2ncnc3sccc23)CCCC1. The van der Waals surface area contributed by atoms with Gasteiger partial charge in [0.05, 0.1) is 10.9 Å². The number of hydrogen-bond acceptors (Lipinski definition) is 5. The molecular weight excluding hydrogens is 232 g/mol. The Balaban J connectivity index is 1.96. The lowest BCUT2D eigenvalue weighted by Gasteiger charge is -2.29. The highest BCUT2D eigenvalue weighted by Crippen LogP contribution is 2.34. The Morgan fingerprint density at radius 2 is 2.18 bits per heavy atom. The van der Waals surface area contributed by atoms with Crippen LogP contribution in [0.25, 0.3) is 10.2 Å². The van der Waals surface area contributed by atoms with Crippen molar-refractivity contribution in [3.8, 4) is 0 Å². The quantitative estimate of drug-likeness (QED) is 0.875. The number of nitrogens with two attached hydrogens (primary N) is 1. The number of nitrogens with one attached hydrogen (secondary N) is 1. The van der Waals surface area contributed by atoms with Crippen LogP contribution in [0, 0.1) is 0 Å². The van der Waals surface area contributed by atoms with Crippen molar-refractivity contribution in [3.63, 3.8) is 0 Å². The molecule has 2 heterocycles. The zero-order valence-electron chi connectivity index (χ0n) is 9.65. The van der Waals surface area contributed by atoms with E-state index in [0.29, 0.717) is 6.54 Å². The van der Waals surface area contributed by atoms with Crippen molar-refractivity contribution in [2.45, 2.75) is 31.2 Å². The van der Waals surface area contributed by atoms with Gasteiger partial charge in [-0.05, 0) is 24.3 Å². The van der Waals surface area contributed by atoms with Gasteiger partial charge in [-0.25, -0.2) is 9.97 Å². The van der Waals surface area contributed by atoms with Gasteiger partial charge in [0.15, 0.2) is 0 Å². The normalized spacial score (nSPS) is 18.6. The predicted octanol–water partition coefficient (Wildman–Crippen LogP) is 2.37. The Hall–Kier alpha value is -1.20. The van der Waals surface area contributed by atoms with Gasteiger partial charge in [0.1, 0.15) is 17.0 Å². The molecule has 1 aliphatic carbocycles. The summed E-state index contributed by atoms with van der Waals surface area (Å²) < 4.78 is 0. The number of rotatable bonds is 3. The van der Waals surface area contributed by atoms with E-state index in [1.807, 2.05) is 5.38 Å². The fraction of sp³-hybridized carbons (Fsp3) is 0.500. The molecule has 0 bridgehead atoms. The molecular formula is C12H16N4S. The van der Waals surface area contributed by atoms with Gasteiger partial charge in [-0.15, -0.1) is 11.3 Å². The molecule has 0 saturated heterocycles. The van der Waals surface area contributed by atoms with E-state index < -0.39 is 0 Å². The minimum absolute atomic E-state index is 0.0449. The molecule has 4 nitrogen and oxygen atoms in total. The number of thiophene rings is 1. The van der Waals surface area contributed by atoms with E-state index in [9.17, 15) is 0 Å². The van der Waals surface area contributed by atoms with Gasteiger partial charge < -0.3 is 11.1 Å². The molecule has 3 N–H and O–H groups in total. The van der Waals surface area contributed by atoms with Crippen LogP contribution < -0.4 is 11.1 Å². The Labute approximate surface area is 104 Å². The molecule has 0 aromatic carbocycles. The van der Waals surface area contributed by atoms with Crippen LogP contribution in [0.3, 0.4) is 0 Å². The van der Waals surface area contributed by atoms with Crippen LogP contribution in [0.5, 0.6) is 0 Å². The first-order chi connectivity index (χ1) is 8.33. The van der Waals surface area contributed by atoms with Crippen LogP contribution in [0.15, 0.2) is 17.8 Å². The minimum atomic E-state index is 0.0449. The van der Waals surface area contributed by atoms with Gasteiger partial charge in [-0.1, -0.05) is 12.8 Å². The van der Waals surface area contributed by atoms with Crippen molar-refractivity contribution in [3.05, 3.63) is 17.8 Å². The number of aromatic nitrogens is 2. The Morgan fingerprint density at radius 3 is 2.94 bits per heavy atom. The number of hydrogen-bond donors (Lipinski definition) is 2. The van der Waals surface area contributed by atoms with E-state index >= 15 is 0 Å². The summed E-state index contributed by atoms with van der Waals surface area (Å²) in [5.74, 6) is 0.934. The molecule has 0 aliphatic heterocycles. The van der Waals surface area contributed by atoms with E-state index in [4.69, 9.17) is 5.73 Å². The lowest BCUT2D eigenvalue weighted by molar-refractivity contribution is 0.492.